The van der Waals surface area contributed by atoms with Gasteiger partial charge in [-0.2, -0.15) is 18.4 Å². The average molecular weight is 634 g/mol. The van der Waals surface area contributed by atoms with Crippen LogP contribution >= 0.6 is 0 Å². The van der Waals surface area contributed by atoms with Crippen molar-refractivity contribution in [3.63, 3.8) is 0 Å². The Hall–Kier alpha value is -5.80. The lowest BCUT2D eigenvalue weighted by molar-refractivity contribution is -0.137. The molecular formula is C42H30F3N3. The molecule has 0 N–H and O–H groups in total. The van der Waals surface area contributed by atoms with E-state index in [9.17, 15) is 5.26 Å². The molecule has 0 aliphatic heterocycles. The summed E-state index contributed by atoms with van der Waals surface area (Å²) in [5.41, 5.74) is 9.14. The molecule has 0 aliphatic rings. The first kappa shape index (κ1) is 29.6. The van der Waals surface area contributed by atoms with Crippen LogP contribution in [0.2, 0.25) is 0 Å². The lowest BCUT2D eigenvalue weighted by Crippen LogP contribution is -2.11. The van der Waals surface area contributed by atoms with Crippen LogP contribution in [-0.2, 0) is 6.18 Å². The van der Waals surface area contributed by atoms with Gasteiger partial charge in [-0.25, -0.2) is 0 Å². The van der Waals surface area contributed by atoms with Gasteiger partial charge in [0, 0.05) is 27.1 Å². The molecule has 0 fully saturated rings. The van der Waals surface area contributed by atoms with Crippen molar-refractivity contribution in [2.75, 3.05) is 0 Å². The Bertz CT molecular complexity index is 2400. The van der Waals surface area contributed by atoms with Crippen molar-refractivity contribution >= 4 is 43.6 Å². The maximum atomic E-state index is 15.1. The summed E-state index contributed by atoms with van der Waals surface area (Å²) in [6, 6.07) is 36.2. The molecular weight excluding hydrogens is 603 g/mol. The molecule has 3 nitrogen and oxygen atoms in total. The third-order valence-electron chi connectivity index (χ3n) is 9.34. The van der Waals surface area contributed by atoms with E-state index in [4.69, 9.17) is 0 Å². The fraction of sp³-hybridized carbons (Fsp3) is 0.119. The highest BCUT2D eigenvalue weighted by molar-refractivity contribution is 6.12. The van der Waals surface area contributed by atoms with E-state index in [0.29, 0.717) is 28.1 Å². The number of aromatic nitrogens is 2. The van der Waals surface area contributed by atoms with E-state index in [2.05, 4.69) is 30.3 Å². The number of halogens is 3. The summed E-state index contributed by atoms with van der Waals surface area (Å²) < 4.78 is 49.2. The van der Waals surface area contributed by atoms with Crippen LogP contribution in [0.15, 0.2) is 109 Å². The molecule has 0 unspecified atom stereocenters. The molecule has 2 aromatic heterocycles. The molecule has 0 bridgehead atoms. The third kappa shape index (κ3) is 4.57. The van der Waals surface area contributed by atoms with Crippen molar-refractivity contribution in [2.24, 2.45) is 0 Å². The first-order valence-electron chi connectivity index (χ1n) is 15.8. The first-order chi connectivity index (χ1) is 23.0. The van der Waals surface area contributed by atoms with Gasteiger partial charge in [-0.15, -0.1) is 0 Å². The smallest absolute Gasteiger partial charge is 0.309 e. The molecule has 2 heterocycles. The van der Waals surface area contributed by atoms with E-state index in [-0.39, 0.29) is 0 Å². The zero-order valence-corrected chi connectivity index (χ0v) is 26.9. The molecule has 0 saturated heterocycles. The summed E-state index contributed by atoms with van der Waals surface area (Å²) in [4.78, 5) is 0. The zero-order valence-electron chi connectivity index (χ0n) is 26.9. The molecule has 0 spiro atoms. The van der Waals surface area contributed by atoms with Crippen LogP contribution in [0.1, 0.15) is 33.4 Å². The molecule has 6 heteroatoms. The summed E-state index contributed by atoms with van der Waals surface area (Å²) in [7, 11) is 0. The first-order valence-corrected chi connectivity index (χ1v) is 15.8. The second kappa shape index (κ2) is 10.6. The van der Waals surface area contributed by atoms with Gasteiger partial charge in [0.1, 0.15) is 0 Å². The largest absolute Gasteiger partial charge is 0.416 e. The molecule has 48 heavy (non-hydrogen) atoms. The average Bonchev–Trinajstić information content (AvgIpc) is 3.54. The molecule has 0 atom stereocenters. The number of fused-ring (bicyclic) bond motifs is 6. The van der Waals surface area contributed by atoms with E-state index < -0.39 is 11.7 Å². The van der Waals surface area contributed by atoms with Gasteiger partial charge in [0.25, 0.3) is 0 Å². The second-order valence-corrected chi connectivity index (χ2v) is 12.8. The minimum absolute atomic E-state index is 0.386. The highest BCUT2D eigenvalue weighted by atomic mass is 19.4. The van der Waals surface area contributed by atoms with Gasteiger partial charge in [-0.3, -0.25) is 0 Å². The van der Waals surface area contributed by atoms with Gasteiger partial charge in [0.05, 0.1) is 50.6 Å². The number of rotatable bonds is 3. The van der Waals surface area contributed by atoms with Gasteiger partial charge in [0.15, 0.2) is 0 Å². The number of alkyl halides is 3. The zero-order chi connectivity index (χ0) is 33.5. The molecule has 0 radical (unpaired) electrons. The summed E-state index contributed by atoms with van der Waals surface area (Å²) in [5.74, 6) is 0. The van der Waals surface area contributed by atoms with Crippen LogP contribution in [-0.4, -0.2) is 9.13 Å². The lowest BCUT2D eigenvalue weighted by atomic mass is 9.96. The topological polar surface area (TPSA) is 33.6 Å². The van der Waals surface area contributed by atoms with E-state index in [0.717, 1.165) is 65.9 Å². The molecule has 6 aromatic carbocycles. The van der Waals surface area contributed by atoms with Crippen LogP contribution in [0.3, 0.4) is 0 Å². The number of nitriles is 1. The molecule has 234 valence electrons. The fourth-order valence-corrected chi connectivity index (χ4v) is 7.19. The van der Waals surface area contributed by atoms with Crippen LogP contribution in [0.25, 0.3) is 66.1 Å². The molecule has 8 rings (SSSR count). The van der Waals surface area contributed by atoms with Gasteiger partial charge >= 0.3 is 6.18 Å². The lowest BCUT2D eigenvalue weighted by Gasteiger charge is -2.23. The molecule has 8 aromatic rings. The van der Waals surface area contributed by atoms with E-state index in [1.807, 2.05) is 91.4 Å². The van der Waals surface area contributed by atoms with Crippen molar-refractivity contribution in [1.82, 2.24) is 9.13 Å². The van der Waals surface area contributed by atoms with Crippen LogP contribution < -0.4 is 0 Å². The van der Waals surface area contributed by atoms with E-state index in [1.54, 1.807) is 18.2 Å². The van der Waals surface area contributed by atoms with Crippen molar-refractivity contribution < 1.29 is 13.2 Å². The second-order valence-electron chi connectivity index (χ2n) is 12.8. The van der Waals surface area contributed by atoms with Gasteiger partial charge in [0.2, 0.25) is 0 Å². The highest BCUT2D eigenvalue weighted by Crippen LogP contribution is 2.45. The normalized spacial score (nSPS) is 12.0. The number of hydrogen-bond donors (Lipinski definition) is 0. The Balaban J connectivity index is 1.63. The van der Waals surface area contributed by atoms with Gasteiger partial charge in [-0.1, -0.05) is 58.7 Å². The highest BCUT2D eigenvalue weighted by Gasteiger charge is 2.34. The summed E-state index contributed by atoms with van der Waals surface area (Å²) in [6.07, 6.45) is -4.63. The van der Waals surface area contributed by atoms with E-state index >= 15 is 13.2 Å². The van der Waals surface area contributed by atoms with Crippen molar-refractivity contribution in [3.05, 3.63) is 143 Å². The molecule has 0 amide bonds. The Morgan fingerprint density at radius 3 is 1.27 bits per heavy atom. The van der Waals surface area contributed by atoms with Crippen LogP contribution in [0, 0.1) is 39.0 Å². The number of nitrogens with zero attached hydrogens (tertiary/aromatic N) is 3. The fourth-order valence-electron chi connectivity index (χ4n) is 7.19. The Kier molecular flexibility index (Phi) is 6.54. The molecule has 0 saturated carbocycles. The SMILES string of the molecule is Cc1ccc2c(c1)c1cc(C)ccc1n2-c1cc(C(F)(F)F)cc(-n2c3ccc(C)cc3c3cc(C)ccc32)c1-c1cccc(C#N)c1. The van der Waals surface area contributed by atoms with Crippen molar-refractivity contribution in [1.29, 1.82) is 5.26 Å². The predicted octanol–water partition coefficient (Wildman–Crippen LogP) is 11.7. The summed E-state index contributed by atoms with van der Waals surface area (Å²) in [6.45, 7) is 8.08. The third-order valence-corrected chi connectivity index (χ3v) is 9.34. The van der Waals surface area contributed by atoms with E-state index in [1.165, 1.54) is 12.1 Å². The number of aryl methyl sites for hydroxylation is 4. The predicted molar refractivity (Wildman–Crippen MR) is 189 cm³/mol. The summed E-state index contributed by atoms with van der Waals surface area (Å²) >= 11 is 0. The maximum absolute atomic E-state index is 15.1. The quantitative estimate of drug-likeness (QED) is 0.191. The standard InChI is InChI=1S/C42H30F3N3/c1-24-8-12-35-31(16-24)32-17-25(2)9-13-36(32)47(35)39-21-30(42(43,44)45)22-40(41(39)29-7-5-6-28(20-29)23-46)48-37-14-10-26(3)18-33(37)34-19-27(4)11-15-38(34)48/h5-22H,1-4H3. The minimum Gasteiger partial charge on any atom is -0.309 e. The Labute approximate surface area is 275 Å². The Morgan fingerprint density at radius 2 is 0.917 bits per heavy atom. The van der Waals surface area contributed by atoms with Crippen molar-refractivity contribution in [2.45, 2.75) is 33.9 Å². The van der Waals surface area contributed by atoms with Crippen LogP contribution in [0.5, 0.6) is 0 Å². The molecule has 0 aliphatic carbocycles. The summed E-state index contributed by atoms with van der Waals surface area (Å²) in [5, 5.41) is 13.8. The monoisotopic (exact) mass is 633 g/mol. The van der Waals surface area contributed by atoms with Crippen molar-refractivity contribution in [3.8, 4) is 28.6 Å². The number of hydrogen-bond acceptors (Lipinski definition) is 1. The maximum Gasteiger partial charge on any atom is 0.416 e. The minimum atomic E-state index is -4.63. The van der Waals surface area contributed by atoms with Gasteiger partial charge < -0.3 is 9.13 Å². The van der Waals surface area contributed by atoms with Crippen LogP contribution in [0.4, 0.5) is 13.2 Å². The van der Waals surface area contributed by atoms with Gasteiger partial charge in [-0.05, 0) is 106 Å². The Morgan fingerprint density at radius 1 is 0.521 bits per heavy atom. The number of benzene rings is 6.